The van der Waals surface area contributed by atoms with Gasteiger partial charge in [0, 0.05) is 19.0 Å². The van der Waals surface area contributed by atoms with Crippen LogP contribution in [0.3, 0.4) is 0 Å². The van der Waals surface area contributed by atoms with E-state index in [1.165, 1.54) is 6.92 Å². The Bertz CT molecular complexity index is 2700. The quantitative estimate of drug-likeness (QED) is 0.0673. The lowest BCUT2D eigenvalue weighted by Crippen LogP contribution is -2.39. The van der Waals surface area contributed by atoms with Crippen LogP contribution in [0.2, 0.25) is 0 Å². The van der Waals surface area contributed by atoms with Crippen molar-refractivity contribution in [3.05, 3.63) is 191 Å². The van der Waals surface area contributed by atoms with Gasteiger partial charge in [0.15, 0.2) is 5.54 Å². The number of carbonyl (C=O) groups is 2. The molecule has 11 nitrogen and oxygen atoms in total. The summed E-state index contributed by atoms with van der Waals surface area (Å²) in [5.41, 5.74) is 7.51. The standard InChI is InChI=1S/C51H46N6O5/c1-35-52-46-29-17-28-45(49(58)60-36(2)61-50(59)62-42-24-13-6-14-25-42)47(46)56(35)34-37-30-32-38(33-31-37)43-26-15-16-27-44(43)48-53-55-57(54-48)51(39-18-7-3-8-19-39,40-20-9-4-10-21-40)41-22-11-5-12-23-41/h3-5,7-12,15-23,26-33,36,42H,6,13-14,24-25,34H2,1-2H3. The van der Waals surface area contributed by atoms with Gasteiger partial charge in [-0.3, -0.25) is 0 Å². The van der Waals surface area contributed by atoms with Crippen LogP contribution >= 0.6 is 0 Å². The molecule has 8 aromatic rings. The average molecular weight is 823 g/mol. The molecule has 1 aliphatic carbocycles. The number of para-hydroxylation sites is 1. The van der Waals surface area contributed by atoms with Crippen LogP contribution < -0.4 is 0 Å². The number of imidazole rings is 1. The van der Waals surface area contributed by atoms with Gasteiger partial charge in [-0.1, -0.05) is 152 Å². The lowest BCUT2D eigenvalue weighted by molar-refractivity contribution is -0.0914. The molecule has 0 spiro atoms. The number of hydrogen-bond acceptors (Lipinski definition) is 9. The summed E-state index contributed by atoms with van der Waals surface area (Å²) in [5, 5.41) is 14.7. The summed E-state index contributed by atoms with van der Waals surface area (Å²) in [6.45, 7) is 3.87. The molecule has 310 valence electrons. The van der Waals surface area contributed by atoms with Crippen molar-refractivity contribution in [3.8, 4) is 22.5 Å². The van der Waals surface area contributed by atoms with Gasteiger partial charge in [0.05, 0.1) is 16.6 Å². The van der Waals surface area contributed by atoms with Gasteiger partial charge in [-0.25, -0.2) is 14.6 Å². The number of carbonyl (C=O) groups excluding carboxylic acids is 2. The largest absolute Gasteiger partial charge is 0.511 e. The van der Waals surface area contributed by atoms with E-state index in [2.05, 4.69) is 66.7 Å². The summed E-state index contributed by atoms with van der Waals surface area (Å²) in [5.74, 6) is 0.611. The van der Waals surface area contributed by atoms with Crippen LogP contribution in [0.4, 0.5) is 4.79 Å². The second-order valence-electron chi connectivity index (χ2n) is 15.6. The SMILES string of the molecule is Cc1nc2cccc(C(=O)OC(C)OC(=O)OC3CCCCC3)c2n1Cc1ccc(-c2ccccc2-c2nnn(C(c3ccccc3)(c3ccccc3)c3ccccc3)n2)cc1. The number of esters is 1. The Kier molecular flexibility index (Phi) is 11.4. The Hall–Kier alpha value is -7.40. The van der Waals surface area contributed by atoms with E-state index in [1.54, 1.807) is 16.9 Å². The highest BCUT2D eigenvalue weighted by Crippen LogP contribution is 2.40. The van der Waals surface area contributed by atoms with Gasteiger partial charge >= 0.3 is 12.1 Å². The van der Waals surface area contributed by atoms with Gasteiger partial charge in [-0.05, 0) is 83.3 Å². The minimum Gasteiger partial charge on any atom is -0.431 e. The van der Waals surface area contributed by atoms with E-state index in [4.69, 9.17) is 34.6 Å². The number of aromatic nitrogens is 6. The molecule has 0 bridgehead atoms. The van der Waals surface area contributed by atoms with Gasteiger partial charge in [0.2, 0.25) is 12.1 Å². The van der Waals surface area contributed by atoms with Crippen molar-refractivity contribution in [2.45, 2.75) is 70.4 Å². The Morgan fingerprint density at radius 2 is 1.29 bits per heavy atom. The lowest BCUT2D eigenvalue weighted by atomic mass is 9.77. The zero-order valence-corrected chi connectivity index (χ0v) is 34.6. The fourth-order valence-electron chi connectivity index (χ4n) is 8.63. The molecule has 1 unspecified atom stereocenters. The van der Waals surface area contributed by atoms with E-state index >= 15 is 0 Å². The van der Waals surface area contributed by atoms with Crippen LogP contribution in [-0.2, 0) is 26.3 Å². The van der Waals surface area contributed by atoms with Crippen molar-refractivity contribution < 1.29 is 23.8 Å². The van der Waals surface area contributed by atoms with Crippen LogP contribution in [0.1, 0.15) is 77.5 Å². The van der Waals surface area contributed by atoms with Gasteiger partial charge < -0.3 is 18.8 Å². The average Bonchev–Trinajstić information content (AvgIpc) is 3.93. The molecule has 0 aliphatic heterocycles. The monoisotopic (exact) mass is 822 g/mol. The summed E-state index contributed by atoms with van der Waals surface area (Å²) >= 11 is 0. The molecule has 2 heterocycles. The maximum atomic E-state index is 13.6. The minimum atomic E-state index is -1.14. The van der Waals surface area contributed by atoms with Crippen LogP contribution in [-0.4, -0.2) is 54.3 Å². The Balaban J connectivity index is 0.984. The number of ether oxygens (including phenoxy) is 3. The van der Waals surface area contributed by atoms with Crippen molar-refractivity contribution in [1.29, 1.82) is 0 Å². The molecule has 0 amide bonds. The summed E-state index contributed by atoms with van der Waals surface area (Å²) in [7, 11) is 0. The second-order valence-corrected chi connectivity index (χ2v) is 15.6. The molecule has 2 aromatic heterocycles. The van der Waals surface area contributed by atoms with E-state index in [-0.39, 0.29) is 6.10 Å². The maximum absolute atomic E-state index is 13.6. The molecule has 9 rings (SSSR count). The molecular weight excluding hydrogens is 777 g/mol. The number of hydrogen-bond donors (Lipinski definition) is 0. The van der Waals surface area contributed by atoms with Crippen LogP contribution in [0.15, 0.2) is 158 Å². The molecule has 0 radical (unpaired) electrons. The molecule has 1 saturated carbocycles. The van der Waals surface area contributed by atoms with Crippen molar-refractivity contribution in [1.82, 2.24) is 29.8 Å². The number of fused-ring (bicyclic) bond motifs is 1. The van der Waals surface area contributed by atoms with Crippen LogP contribution in [0.5, 0.6) is 0 Å². The first-order valence-corrected chi connectivity index (χ1v) is 21.1. The normalized spacial score (nSPS) is 13.7. The molecule has 6 aromatic carbocycles. The first-order chi connectivity index (χ1) is 30.4. The fourth-order valence-corrected chi connectivity index (χ4v) is 8.63. The smallest absolute Gasteiger partial charge is 0.431 e. The van der Waals surface area contributed by atoms with E-state index in [9.17, 15) is 9.59 Å². The van der Waals surface area contributed by atoms with E-state index in [0.29, 0.717) is 29.0 Å². The fraction of sp³-hybridized carbons (Fsp3) is 0.216. The molecule has 1 aliphatic rings. The van der Waals surface area contributed by atoms with E-state index in [0.717, 1.165) is 76.9 Å². The molecule has 1 atom stereocenters. The highest BCUT2D eigenvalue weighted by Gasteiger charge is 2.41. The topological polar surface area (TPSA) is 123 Å². The van der Waals surface area contributed by atoms with Crippen LogP contribution in [0, 0.1) is 6.92 Å². The first-order valence-electron chi connectivity index (χ1n) is 21.1. The number of tetrazole rings is 1. The maximum Gasteiger partial charge on any atom is 0.511 e. The summed E-state index contributed by atoms with van der Waals surface area (Å²) in [4.78, 5) is 32.5. The molecule has 0 saturated heterocycles. The third-order valence-corrected chi connectivity index (χ3v) is 11.6. The van der Waals surface area contributed by atoms with Crippen molar-refractivity contribution in [2.75, 3.05) is 0 Å². The Morgan fingerprint density at radius 1 is 0.694 bits per heavy atom. The number of aryl methyl sites for hydroxylation is 1. The highest BCUT2D eigenvalue weighted by molar-refractivity contribution is 6.02. The molecule has 1 fully saturated rings. The molecule has 11 heteroatoms. The van der Waals surface area contributed by atoms with E-state index < -0.39 is 24.0 Å². The lowest BCUT2D eigenvalue weighted by Gasteiger charge is -2.34. The summed E-state index contributed by atoms with van der Waals surface area (Å²) in [6.07, 6.45) is 2.66. The van der Waals surface area contributed by atoms with Crippen molar-refractivity contribution in [3.63, 3.8) is 0 Å². The van der Waals surface area contributed by atoms with Gasteiger partial charge in [-0.15, -0.1) is 15.0 Å². The molecule has 62 heavy (non-hydrogen) atoms. The molecular formula is C51H46N6O5. The van der Waals surface area contributed by atoms with Crippen molar-refractivity contribution >= 4 is 23.2 Å². The van der Waals surface area contributed by atoms with Crippen molar-refractivity contribution in [2.24, 2.45) is 0 Å². The predicted octanol–water partition coefficient (Wildman–Crippen LogP) is 10.5. The third kappa shape index (κ3) is 7.97. The predicted molar refractivity (Wildman–Crippen MR) is 236 cm³/mol. The van der Waals surface area contributed by atoms with Gasteiger partial charge in [0.25, 0.3) is 0 Å². The zero-order chi connectivity index (χ0) is 42.5. The summed E-state index contributed by atoms with van der Waals surface area (Å²) in [6, 6.07) is 52.6. The minimum absolute atomic E-state index is 0.167. The number of rotatable bonds is 12. The molecule has 0 N–H and O–H groups in total. The zero-order valence-electron chi connectivity index (χ0n) is 34.6. The van der Waals surface area contributed by atoms with Crippen LogP contribution in [0.25, 0.3) is 33.5 Å². The Labute approximate surface area is 359 Å². The number of benzene rings is 6. The second kappa shape index (κ2) is 17.7. The van der Waals surface area contributed by atoms with E-state index in [1.807, 2.05) is 90.4 Å². The highest BCUT2D eigenvalue weighted by atomic mass is 16.8. The summed E-state index contributed by atoms with van der Waals surface area (Å²) < 4.78 is 18.4. The third-order valence-electron chi connectivity index (χ3n) is 11.6. The van der Waals surface area contributed by atoms with Gasteiger partial charge in [-0.2, -0.15) is 0 Å². The Morgan fingerprint density at radius 3 is 1.92 bits per heavy atom. The number of nitrogens with zero attached hydrogens (tertiary/aromatic N) is 6. The first kappa shape index (κ1) is 40.0. The van der Waals surface area contributed by atoms with Gasteiger partial charge in [0.1, 0.15) is 11.9 Å².